The van der Waals surface area contributed by atoms with Crippen LogP contribution in [-0.4, -0.2) is 5.78 Å². The molecule has 0 bridgehead atoms. The number of ketones is 1. The molecular formula is C11H10ClNO. The van der Waals surface area contributed by atoms with Gasteiger partial charge >= 0.3 is 0 Å². The molecule has 0 saturated carbocycles. The summed E-state index contributed by atoms with van der Waals surface area (Å²) in [4.78, 5) is 10.8. The van der Waals surface area contributed by atoms with E-state index >= 15 is 0 Å². The summed E-state index contributed by atoms with van der Waals surface area (Å²) in [5.41, 5.74) is 1.32. The molecule has 0 unspecified atom stereocenters. The number of nitriles is 1. The molecule has 0 aromatic heterocycles. The molecule has 0 spiro atoms. The molecule has 0 amide bonds. The van der Waals surface area contributed by atoms with Gasteiger partial charge in [0.1, 0.15) is 5.78 Å². The van der Waals surface area contributed by atoms with Gasteiger partial charge in [0.05, 0.1) is 11.6 Å². The molecule has 0 atom stereocenters. The zero-order chi connectivity index (χ0) is 10.6. The zero-order valence-electron chi connectivity index (χ0n) is 7.88. The Morgan fingerprint density at radius 3 is 2.86 bits per heavy atom. The highest BCUT2D eigenvalue weighted by atomic mass is 35.5. The topological polar surface area (TPSA) is 40.9 Å². The minimum atomic E-state index is 0.105. The van der Waals surface area contributed by atoms with Crippen molar-refractivity contribution >= 4 is 17.4 Å². The van der Waals surface area contributed by atoms with Crippen LogP contribution < -0.4 is 0 Å². The molecule has 0 heterocycles. The lowest BCUT2D eigenvalue weighted by molar-refractivity contribution is -0.116. The van der Waals surface area contributed by atoms with E-state index < -0.39 is 0 Å². The molecular weight excluding hydrogens is 198 g/mol. The first-order valence-electron chi connectivity index (χ1n) is 4.32. The lowest BCUT2D eigenvalue weighted by atomic mass is 10.0. The number of carbonyl (C=O) groups excluding carboxylic acids is 1. The monoisotopic (exact) mass is 207 g/mol. The Bertz CT molecular complexity index is 393. The number of Topliss-reactive ketones (excluding diaryl/α,β-unsaturated/α-hetero) is 1. The Morgan fingerprint density at radius 1 is 1.57 bits per heavy atom. The van der Waals surface area contributed by atoms with E-state index in [2.05, 4.69) is 6.07 Å². The van der Waals surface area contributed by atoms with Crippen molar-refractivity contribution in [2.75, 3.05) is 0 Å². The second kappa shape index (κ2) is 4.78. The molecule has 0 saturated heterocycles. The molecule has 0 aliphatic heterocycles. The van der Waals surface area contributed by atoms with Crippen molar-refractivity contribution in [3.8, 4) is 6.07 Å². The van der Waals surface area contributed by atoms with Gasteiger partial charge in [-0.15, -0.1) is 0 Å². The smallest absolute Gasteiger partial charge is 0.130 e. The summed E-state index contributed by atoms with van der Waals surface area (Å²) in [7, 11) is 0. The fraction of sp³-hybridized carbons (Fsp3) is 0.273. The fourth-order valence-corrected chi connectivity index (χ4v) is 1.49. The maximum Gasteiger partial charge on any atom is 0.130 e. The zero-order valence-corrected chi connectivity index (χ0v) is 8.64. The first kappa shape index (κ1) is 10.7. The van der Waals surface area contributed by atoms with Crippen molar-refractivity contribution in [2.24, 2.45) is 0 Å². The summed E-state index contributed by atoms with van der Waals surface area (Å²) in [5, 5.41) is 9.38. The molecule has 1 rings (SSSR count). The van der Waals surface area contributed by atoms with Crippen molar-refractivity contribution in [1.82, 2.24) is 0 Å². The van der Waals surface area contributed by atoms with Gasteiger partial charge in [0.15, 0.2) is 0 Å². The molecule has 1 aromatic carbocycles. The third kappa shape index (κ3) is 2.58. The van der Waals surface area contributed by atoms with Gasteiger partial charge in [-0.2, -0.15) is 5.26 Å². The highest BCUT2D eigenvalue weighted by molar-refractivity contribution is 6.31. The van der Waals surface area contributed by atoms with E-state index in [1.165, 1.54) is 6.92 Å². The van der Waals surface area contributed by atoms with Crippen LogP contribution in [0.2, 0.25) is 5.02 Å². The highest BCUT2D eigenvalue weighted by Gasteiger charge is 2.07. The highest BCUT2D eigenvalue weighted by Crippen LogP contribution is 2.21. The summed E-state index contributed by atoms with van der Waals surface area (Å²) in [6.07, 6.45) is 0.969. The van der Waals surface area contributed by atoms with E-state index in [4.69, 9.17) is 16.9 Å². The number of nitrogens with zero attached hydrogens (tertiary/aromatic N) is 1. The van der Waals surface area contributed by atoms with Crippen LogP contribution in [-0.2, 0) is 11.2 Å². The molecule has 72 valence electrons. The van der Waals surface area contributed by atoms with Crippen molar-refractivity contribution in [3.05, 3.63) is 34.3 Å². The van der Waals surface area contributed by atoms with Crippen molar-refractivity contribution in [1.29, 1.82) is 5.26 Å². The lowest BCUT2D eigenvalue weighted by Crippen LogP contribution is -1.97. The Balaban J connectivity index is 2.94. The van der Waals surface area contributed by atoms with Gasteiger partial charge in [-0.1, -0.05) is 17.7 Å². The van der Waals surface area contributed by atoms with Gasteiger partial charge < -0.3 is 4.79 Å². The summed E-state index contributed by atoms with van der Waals surface area (Å²) in [6.45, 7) is 1.53. The minimum Gasteiger partial charge on any atom is -0.300 e. The number of hydrogen-bond acceptors (Lipinski definition) is 2. The molecule has 0 fully saturated rings. The first-order valence-corrected chi connectivity index (χ1v) is 4.70. The van der Waals surface area contributed by atoms with Gasteiger partial charge in [-0.25, -0.2) is 0 Å². The molecule has 14 heavy (non-hydrogen) atoms. The number of hydrogen-bond donors (Lipinski definition) is 0. The first-order chi connectivity index (χ1) is 6.65. The third-order valence-corrected chi connectivity index (χ3v) is 2.32. The van der Waals surface area contributed by atoms with Gasteiger partial charge in [0.25, 0.3) is 0 Å². The second-order valence-electron chi connectivity index (χ2n) is 3.08. The van der Waals surface area contributed by atoms with E-state index in [1.54, 1.807) is 18.2 Å². The molecule has 0 radical (unpaired) electrons. The molecule has 0 aliphatic carbocycles. The Kier molecular flexibility index (Phi) is 3.67. The maximum absolute atomic E-state index is 10.8. The number of carbonyl (C=O) groups is 1. The van der Waals surface area contributed by atoms with Crippen molar-refractivity contribution in [2.45, 2.75) is 19.8 Å². The third-order valence-electron chi connectivity index (χ3n) is 1.97. The average molecular weight is 208 g/mol. The maximum atomic E-state index is 10.8. The van der Waals surface area contributed by atoms with Crippen LogP contribution in [0.15, 0.2) is 18.2 Å². The SMILES string of the molecule is CC(=O)CCc1c(Cl)cccc1C#N. The van der Waals surface area contributed by atoms with Crippen LogP contribution in [0, 0.1) is 11.3 Å². The van der Waals surface area contributed by atoms with Gasteiger partial charge in [-0.05, 0) is 31.0 Å². The Morgan fingerprint density at radius 2 is 2.29 bits per heavy atom. The summed E-state index contributed by atoms with van der Waals surface area (Å²) in [5.74, 6) is 0.105. The average Bonchev–Trinajstić information content (AvgIpc) is 2.15. The largest absolute Gasteiger partial charge is 0.300 e. The van der Waals surface area contributed by atoms with Crippen LogP contribution in [0.3, 0.4) is 0 Å². The molecule has 0 N–H and O–H groups in total. The van der Waals surface area contributed by atoms with E-state index in [-0.39, 0.29) is 5.78 Å². The van der Waals surface area contributed by atoms with Crippen molar-refractivity contribution in [3.63, 3.8) is 0 Å². The molecule has 2 nitrogen and oxygen atoms in total. The van der Waals surface area contributed by atoms with Crippen LogP contribution in [0.25, 0.3) is 0 Å². The summed E-state index contributed by atoms with van der Waals surface area (Å²) >= 11 is 5.93. The molecule has 1 aromatic rings. The number of benzene rings is 1. The molecule has 0 aliphatic rings. The van der Waals surface area contributed by atoms with E-state index in [9.17, 15) is 4.79 Å². The van der Waals surface area contributed by atoms with Crippen molar-refractivity contribution < 1.29 is 4.79 Å². The van der Waals surface area contributed by atoms with E-state index in [0.717, 1.165) is 5.56 Å². The van der Waals surface area contributed by atoms with Gasteiger partial charge in [0, 0.05) is 11.4 Å². The Hall–Kier alpha value is -1.33. The van der Waals surface area contributed by atoms with Crippen LogP contribution >= 0.6 is 11.6 Å². The predicted octanol–water partition coefficient (Wildman–Crippen LogP) is 2.73. The normalized spacial score (nSPS) is 9.50. The second-order valence-corrected chi connectivity index (χ2v) is 3.49. The van der Waals surface area contributed by atoms with Crippen LogP contribution in [0.1, 0.15) is 24.5 Å². The number of rotatable bonds is 3. The number of halogens is 1. The van der Waals surface area contributed by atoms with Gasteiger partial charge in [-0.3, -0.25) is 0 Å². The van der Waals surface area contributed by atoms with E-state index in [1.807, 2.05) is 0 Å². The lowest BCUT2D eigenvalue weighted by Gasteiger charge is -2.04. The van der Waals surface area contributed by atoms with Crippen LogP contribution in [0.4, 0.5) is 0 Å². The quantitative estimate of drug-likeness (QED) is 0.765. The van der Waals surface area contributed by atoms with E-state index in [0.29, 0.717) is 23.4 Å². The fourth-order valence-electron chi connectivity index (χ4n) is 1.22. The minimum absolute atomic E-state index is 0.105. The predicted molar refractivity (Wildman–Crippen MR) is 55.2 cm³/mol. The van der Waals surface area contributed by atoms with Crippen LogP contribution in [0.5, 0.6) is 0 Å². The standard InChI is InChI=1S/C11H10ClNO/c1-8(14)5-6-10-9(7-13)3-2-4-11(10)12/h2-4H,5-6H2,1H3. The molecule has 3 heteroatoms. The van der Waals surface area contributed by atoms with Gasteiger partial charge in [0.2, 0.25) is 0 Å². The Labute approximate surface area is 88.1 Å². The summed E-state index contributed by atoms with van der Waals surface area (Å²) < 4.78 is 0. The summed E-state index contributed by atoms with van der Waals surface area (Å²) in [6, 6.07) is 7.24.